The van der Waals surface area contributed by atoms with Crippen LogP contribution in [0.5, 0.6) is 0 Å². The van der Waals surface area contributed by atoms with Gasteiger partial charge in [0.1, 0.15) is 0 Å². The van der Waals surface area contributed by atoms with Crippen LogP contribution in [0.2, 0.25) is 0 Å². The van der Waals surface area contributed by atoms with E-state index in [1.807, 2.05) is 36.4 Å². The standard InChI is InChI=1S/C18H23N3O2/c19-20-18(23)11-17(22)14-21(12-15-7-3-1-4-8-15)13-16-9-5-2-6-10-16/h1-10,17,22H,11-14,19H2,(H,20,23)/t17-/m0/s1. The minimum absolute atomic E-state index is 0.00339. The topological polar surface area (TPSA) is 78.6 Å². The average molecular weight is 313 g/mol. The number of amides is 1. The molecule has 0 unspecified atom stereocenters. The van der Waals surface area contributed by atoms with Crippen molar-refractivity contribution in [3.63, 3.8) is 0 Å². The number of aliphatic hydroxyl groups excluding tert-OH is 1. The molecule has 23 heavy (non-hydrogen) atoms. The van der Waals surface area contributed by atoms with Gasteiger partial charge in [-0.25, -0.2) is 5.84 Å². The SMILES string of the molecule is NNC(=O)C[C@H](O)CN(Cc1ccccc1)Cc1ccccc1. The number of carbonyl (C=O) groups is 1. The molecule has 2 rings (SSSR count). The number of carbonyl (C=O) groups excluding carboxylic acids is 1. The molecule has 1 atom stereocenters. The Morgan fingerprint density at radius 2 is 1.48 bits per heavy atom. The molecule has 0 aromatic heterocycles. The maximum atomic E-state index is 11.3. The molecular formula is C18H23N3O2. The van der Waals surface area contributed by atoms with Crippen molar-refractivity contribution in [1.29, 1.82) is 0 Å². The summed E-state index contributed by atoms with van der Waals surface area (Å²) < 4.78 is 0. The lowest BCUT2D eigenvalue weighted by Gasteiger charge is -2.25. The highest BCUT2D eigenvalue weighted by Gasteiger charge is 2.15. The van der Waals surface area contributed by atoms with Gasteiger partial charge in [-0.15, -0.1) is 0 Å². The van der Waals surface area contributed by atoms with Gasteiger partial charge in [-0.2, -0.15) is 0 Å². The quantitative estimate of drug-likeness (QED) is 0.391. The van der Waals surface area contributed by atoms with E-state index in [1.165, 1.54) is 11.1 Å². The Bertz CT molecular complexity index is 548. The summed E-state index contributed by atoms with van der Waals surface area (Å²) in [4.78, 5) is 13.4. The lowest BCUT2D eigenvalue weighted by atomic mass is 10.1. The van der Waals surface area contributed by atoms with Gasteiger partial charge in [-0.1, -0.05) is 60.7 Å². The molecule has 0 radical (unpaired) electrons. The largest absolute Gasteiger partial charge is 0.391 e. The van der Waals surface area contributed by atoms with Crippen molar-refractivity contribution in [1.82, 2.24) is 10.3 Å². The Balaban J connectivity index is 2.03. The van der Waals surface area contributed by atoms with Crippen LogP contribution in [-0.4, -0.2) is 28.6 Å². The van der Waals surface area contributed by atoms with E-state index in [9.17, 15) is 9.90 Å². The van der Waals surface area contributed by atoms with Gasteiger partial charge < -0.3 is 5.11 Å². The molecule has 1 amide bonds. The van der Waals surface area contributed by atoms with Crippen LogP contribution in [-0.2, 0) is 17.9 Å². The lowest BCUT2D eigenvalue weighted by Crippen LogP contribution is -2.37. The van der Waals surface area contributed by atoms with E-state index in [1.54, 1.807) is 0 Å². The number of nitrogens with two attached hydrogens (primary N) is 1. The van der Waals surface area contributed by atoms with Gasteiger partial charge >= 0.3 is 0 Å². The van der Waals surface area contributed by atoms with Crippen LogP contribution < -0.4 is 11.3 Å². The van der Waals surface area contributed by atoms with Crippen molar-refractivity contribution in [2.45, 2.75) is 25.6 Å². The minimum Gasteiger partial charge on any atom is -0.391 e. The number of hydrogen-bond acceptors (Lipinski definition) is 4. The van der Waals surface area contributed by atoms with E-state index < -0.39 is 6.10 Å². The van der Waals surface area contributed by atoms with E-state index in [-0.39, 0.29) is 12.3 Å². The van der Waals surface area contributed by atoms with Gasteiger partial charge in [-0.3, -0.25) is 15.1 Å². The third kappa shape index (κ3) is 6.20. The van der Waals surface area contributed by atoms with E-state index in [2.05, 4.69) is 34.6 Å². The number of nitrogens with one attached hydrogen (secondary N) is 1. The van der Waals surface area contributed by atoms with Crippen LogP contribution in [0.25, 0.3) is 0 Å². The van der Waals surface area contributed by atoms with Crippen LogP contribution in [0.1, 0.15) is 17.5 Å². The fourth-order valence-electron chi connectivity index (χ4n) is 2.50. The Labute approximate surface area is 136 Å². The highest BCUT2D eigenvalue weighted by atomic mass is 16.3. The summed E-state index contributed by atoms with van der Waals surface area (Å²) >= 11 is 0. The third-order valence-electron chi connectivity index (χ3n) is 3.55. The van der Waals surface area contributed by atoms with Crippen molar-refractivity contribution in [3.05, 3.63) is 71.8 Å². The number of hydrazine groups is 1. The van der Waals surface area contributed by atoms with Gasteiger partial charge in [0.15, 0.2) is 0 Å². The van der Waals surface area contributed by atoms with Crippen LogP contribution >= 0.6 is 0 Å². The van der Waals surface area contributed by atoms with Crippen molar-refractivity contribution in [2.75, 3.05) is 6.54 Å². The fraction of sp³-hybridized carbons (Fsp3) is 0.278. The molecule has 4 N–H and O–H groups in total. The van der Waals surface area contributed by atoms with Gasteiger partial charge in [0, 0.05) is 19.6 Å². The number of hydrogen-bond donors (Lipinski definition) is 3. The highest BCUT2D eigenvalue weighted by molar-refractivity contribution is 5.75. The van der Waals surface area contributed by atoms with Gasteiger partial charge in [-0.05, 0) is 11.1 Å². The first-order valence-electron chi connectivity index (χ1n) is 7.65. The predicted octanol–water partition coefficient (Wildman–Crippen LogP) is 1.43. The Kier molecular flexibility index (Phi) is 6.75. The Morgan fingerprint density at radius 3 is 1.91 bits per heavy atom. The molecule has 0 aliphatic heterocycles. The predicted molar refractivity (Wildman–Crippen MR) is 90.0 cm³/mol. The van der Waals surface area contributed by atoms with Crippen LogP contribution in [0.4, 0.5) is 0 Å². The molecule has 0 bridgehead atoms. The molecular weight excluding hydrogens is 290 g/mol. The number of benzene rings is 2. The zero-order chi connectivity index (χ0) is 16.5. The summed E-state index contributed by atoms with van der Waals surface area (Å²) in [6.45, 7) is 1.81. The van der Waals surface area contributed by atoms with Gasteiger partial charge in [0.05, 0.1) is 12.5 Å². The van der Waals surface area contributed by atoms with Crippen LogP contribution in [0, 0.1) is 0 Å². The lowest BCUT2D eigenvalue weighted by molar-refractivity contribution is -0.123. The number of rotatable bonds is 8. The highest BCUT2D eigenvalue weighted by Crippen LogP contribution is 2.11. The number of aliphatic hydroxyl groups is 1. The first-order valence-corrected chi connectivity index (χ1v) is 7.65. The van der Waals surface area contributed by atoms with Gasteiger partial charge in [0.25, 0.3) is 0 Å². The Hall–Kier alpha value is -2.21. The summed E-state index contributed by atoms with van der Waals surface area (Å²) in [7, 11) is 0. The van der Waals surface area contributed by atoms with Gasteiger partial charge in [0.2, 0.25) is 5.91 Å². The first kappa shape index (κ1) is 17.1. The smallest absolute Gasteiger partial charge is 0.236 e. The zero-order valence-electron chi connectivity index (χ0n) is 13.1. The van der Waals surface area contributed by atoms with Crippen LogP contribution in [0.15, 0.2) is 60.7 Å². The monoisotopic (exact) mass is 313 g/mol. The van der Waals surface area contributed by atoms with Crippen molar-refractivity contribution in [2.24, 2.45) is 5.84 Å². The maximum absolute atomic E-state index is 11.3. The number of nitrogens with zero attached hydrogens (tertiary/aromatic N) is 1. The molecule has 122 valence electrons. The summed E-state index contributed by atoms with van der Waals surface area (Å²) in [5, 5.41) is 10.1. The normalized spacial score (nSPS) is 12.1. The first-order chi connectivity index (χ1) is 11.2. The molecule has 0 aliphatic rings. The summed E-state index contributed by atoms with van der Waals surface area (Å²) in [6, 6.07) is 20.1. The summed E-state index contributed by atoms with van der Waals surface area (Å²) in [5.74, 6) is 4.71. The molecule has 5 nitrogen and oxygen atoms in total. The second-order valence-corrected chi connectivity index (χ2v) is 5.57. The molecule has 0 saturated carbocycles. The van der Waals surface area contributed by atoms with Crippen molar-refractivity contribution < 1.29 is 9.90 Å². The molecule has 0 saturated heterocycles. The van der Waals surface area contributed by atoms with E-state index in [0.717, 1.165) is 0 Å². The Morgan fingerprint density at radius 1 is 1.00 bits per heavy atom. The summed E-state index contributed by atoms with van der Waals surface area (Å²) in [5.41, 5.74) is 4.38. The molecule has 0 aliphatic carbocycles. The fourth-order valence-corrected chi connectivity index (χ4v) is 2.50. The molecule has 2 aromatic carbocycles. The average Bonchev–Trinajstić information content (AvgIpc) is 2.56. The maximum Gasteiger partial charge on any atom is 0.236 e. The van der Waals surface area contributed by atoms with Crippen molar-refractivity contribution in [3.8, 4) is 0 Å². The van der Waals surface area contributed by atoms with Crippen LogP contribution in [0.3, 0.4) is 0 Å². The zero-order valence-corrected chi connectivity index (χ0v) is 13.1. The summed E-state index contributed by atoms with van der Waals surface area (Å²) in [6.07, 6.45) is -0.762. The molecule has 2 aromatic rings. The minimum atomic E-state index is -0.758. The molecule has 0 spiro atoms. The second kappa shape index (κ2) is 9.05. The van der Waals surface area contributed by atoms with E-state index >= 15 is 0 Å². The molecule has 5 heteroatoms. The van der Waals surface area contributed by atoms with Crippen molar-refractivity contribution >= 4 is 5.91 Å². The second-order valence-electron chi connectivity index (χ2n) is 5.57. The molecule has 0 fully saturated rings. The van der Waals surface area contributed by atoms with E-state index in [4.69, 9.17) is 5.84 Å². The molecule has 0 heterocycles. The van der Waals surface area contributed by atoms with E-state index in [0.29, 0.717) is 19.6 Å². The third-order valence-corrected chi connectivity index (χ3v) is 3.55.